The van der Waals surface area contributed by atoms with Gasteiger partial charge in [0.2, 0.25) is 0 Å². The number of thiazole rings is 1. The van der Waals surface area contributed by atoms with E-state index >= 15 is 0 Å². The van der Waals surface area contributed by atoms with Gasteiger partial charge in [0.1, 0.15) is 17.3 Å². The van der Waals surface area contributed by atoms with Crippen molar-refractivity contribution in [2.45, 2.75) is 19.9 Å². The molecule has 2 aromatic carbocycles. The Morgan fingerprint density at radius 2 is 1.94 bits per heavy atom. The summed E-state index contributed by atoms with van der Waals surface area (Å²) in [6, 6.07) is 19.7. The molecule has 1 aliphatic heterocycles. The number of methoxy groups -OCH3 is 1. The molecule has 3 heterocycles. The minimum Gasteiger partial charge on any atom is -0.497 e. The maximum Gasteiger partial charge on any atom is 0.338 e. The quantitative estimate of drug-likeness (QED) is 0.376. The highest BCUT2D eigenvalue weighted by Gasteiger charge is 2.35. The highest BCUT2D eigenvalue weighted by molar-refractivity contribution is 7.07. The minimum atomic E-state index is -0.758. The summed E-state index contributed by atoms with van der Waals surface area (Å²) in [5.41, 5.74) is 1.97. The third-order valence-corrected chi connectivity index (χ3v) is 6.80. The second-order valence-electron chi connectivity index (χ2n) is 8.16. The van der Waals surface area contributed by atoms with Gasteiger partial charge in [0.25, 0.3) is 5.56 Å². The van der Waals surface area contributed by atoms with Crippen LogP contribution in [0.5, 0.6) is 5.75 Å². The molecule has 0 fully saturated rings. The van der Waals surface area contributed by atoms with Crippen molar-refractivity contribution >= 4 is 29.1 Å². The zero-order valence-corrected chi connectivity index (χ0v) is 20.9. The normalized spacial score (nSPS) is 15.4. The number of rotatable bonds is 6. The Labute approximate surface area is 211 Å². The number of aryl methyl sites for hydroxylation is 1. The molecular weight excluding hydrogens is 476 g/mol. The number of hydrogen-bond acceptors (Lipinski definition) is 7. The van der Waals surface area contributed by atoms with Crippen LogP contribution in [0, 0.1) is 6.92 Å². The lowest BCUT2D eigenvalue weighted by atomic mass is 9.93. The van der Waals surface area contributed by atoms with E-state index in [1.807, 2.05) is 73.7 Å². The molecule has 0 aliphatic carbocycles. The van der Waals surface area contributed by atoms with Gasteiger partial charge in [-0.3, -0.25) is 9.36 Å². The maximum atomic E-state index is 13.8. The predicted octanol–water partition coefficient (Wildman–Crippen LogP) is 3.85. The molecule has 8 heteroatoms. The third kappa shape index (κ3) is 4.31. The monoisotopic (exact) mass is 500 g/mol. The van der Waals surface area contributed by atoms with Crippen LogP contribution in [0.4, 0.5) is 0 Å². The fourth-order valence-electron chi connectivity index (χ4n) is 4.23. The van der Waals surface area contributed by atoms with Crippen molar-refractivity contribution in [3.63, 3.8) is 0 Å². The first-order chi connectivity index (χ1) is 17.5. The molecule has 5 rings (SSSR count). The van der Waals surface area contributed by atoms with Crippen molar-refractivity contribution in [2.75, 3.05) is 13.7 Å². The standard InChI is InChI=1S/C28H24N2O5S/c1-4-34-27(32)23-24(18-9-6-5-7-10-18)29-28-30(25(23)19-11-8-12-20(15-19)33-3)26(31)22(36-28)16-21-14-13-17(2)35-21/h5-16,25H,4H2,1-3H3/b22-16-/t25-/m1/s1. The molecule has 1 atom stereocenters. The molecule has 0 unspecified atom stereocenters. The van der Waals surface area contributed by atoms with Crippen LogP contribution in [0.15, 0.2) is 86.5 Å². The summed E-state index contributed by atoms with van der Waals surface area (Å²) >= 11 is 1.25. The number of esters is 1. The lowest BCUT2D eigenvalue weighted by Gasteiger charge is -2.26. The number of aromatic nitrogens is 1. The zero-order valence-electron chi connectivity index (χ0n) is 20.1. The molecule has 0 radical (unpaired) electrons. The third-order valence-electron chi connectivity index (χ3n) is 5.82. The van der Waals surface area contributed by atoms with Crippen molar-refractivity contribution in [2.24, 2.45) is 4.99 Å². The predicted molar refractivity (Wildman–Crippen MR) is 137 cm³/mol. The van der Waals surface area contributed by atoms with Crippen LogP contribution >= 0.6 is 11.3 Å². The molecule has 182 valence electrons. The van der Waals surface area contributed by atoms with E-state index in [0.717, 1.165) is 11.3 Å². The van der Waals surface area contributed by atoms with E-state index in [1.54, 1.807) is 24.7 Å². The van der Waals surface area contributed by atoms with Gasteiger partial charge in [0, 0.05) is 11.6 Å². The van der Waals surface area contributed by atoms with E-state index in [2.05, 4.69) is 0 Å². The van der Waals surface area contributed by atoms with Gasteiger partial charge in [-0.25, -0.2) is 9.79 Å². The van der Waals surface area contributed by atoms with Crippen molar-refractivity contribution in [3.05, 3.63) is 115 Å². The lowest BCUT2D eigenvalue weighted by molar-refractivity contribution is -0.138. The molecule has 4 aromatic rings. The number of furan rings is 1. The van der Waals surface area contributed by atoms with Gasteiger partial charge in [-0.15, -0.1) is 0 Å². The summed E-state index contributed by atoms with van der Waals surface area (Å²) in [6.07, 6.45) is 1.70. The molecule has 0 spiro atoms. The van der Waals surface area contributed by atoms with Gasteiger partial charge >= 0.3 is 5.97 Å². The minimum absolute atomic E-state index is 0.192. The smallest absolute Gasteiger partial charge is 0.338 e. The van der Waals surface area contributed by atoms with E-state index in [1.165, 1.54) is 11.3 Å². The second kappa shape index (κ2) is 9.83. The molecule has 0 bridgehead atoms. The van der Waals surface area contributed by atoms with Gasteiger partial charge in [-0.2, -0.15) is 0 Å². The number of carbonyl (C=O) groups is 1. The maximum absolute atomic E-state index is 13.8. The van der Waals surface area contributed by atoms with E-state index in [0.29, 0.717) is 37.7 Å². The highest BCUT2D eigenvalue weighted by atomic mass is 32.1. The second-order valence-corrected chi connectivity index (χ2v) is 9.17. The van der Waals surface area contributed by atoms with Crippen LogP contribution in [-0.2, 0) is 9.53 Å². The Hall–Kier alpha value is -4.17. The van der Waals surface area contributed by atoms with Crippen molar-refractivity contribution in [1.82, 2.24) is 4.57 Å². The number of ether oxygens (including phenoxy) is 2. The van der Waals surface area contributed by atoms with Crippen LogP contribution < -0.4 is 19.6 Å². The molecule has 0 saturated heterocycles. The summed E-state index contributed by atoms with van der Waals surface area (Å²) in [6.45, 7) is 3.79. The first-order valence-electron chi connectivity index (χ1n) is 11.5. The van der Waals surface area contributed by atoms with Gasteiger partial charge in [-0.1, -0.05) is 53.8 Å². The first-order valence-corrected chi connectivity index (χ1v) is 12.3. The summed E-state index contributed by atoms with van der Waals surface area (Å²) in [5, 5.41) is 0. The van der Waals surface area contributed by atoms with Crippen LogP contribution in [0.25, 0.3) is 11.8 Å². The van der Waals surface area contributed by atoms with Gasteiger partial charge in [-0.05, 0) is 43.7 Å². The van der Waals surface area contributed by atoms with E-state index in [4.69, 9.17) is 18.9 Å². The average molecular weight is 501 g/mol. The summed E-state index contributed by atoms with van der Waals surface area (Å²) in [5.74, 6) is 1.41. The molecule has 2 aromatic heterocycles. The molecule has 0 amide bonds. The lowest BCUT2D eigenvalue weighted by Crippen LogP contribution is -2.40. The topological polar surface area (TPSA) is 83.0 Å². The number of hydrogen-bond donors (Lipinski definition) is 0. The Kier molecular flexibility index (Phi) is 6.43. The number of nitrogens with zero attached hydrogens (tertiary/aromatic N) is 2. The Morgan fingerprint density at radius 3 is 2.64 bits per heavy atom. The van der Waals surface area contributed by atoms with Crippen molar-refractivity contribution < 1.29 is 18.7 Å². The molecule has 1 aliphatic rings. The van der Waals surface area contributed by atoms with Crippen LogP contribution in [0.3, 0.4) is 0 Å². The van der Waals surface area contributed by atoms with Crippen LogP contribution in [-0.4, -0.2) is 24.3 Å². The van der Waals surface area contributed by atoms with Gasteiger partial charge in [0.05, 0.1) is 35.6 Å². The Balaban J connectivity index is 1.84. The fourth-order valence-corrected chi connectivity index (χ4v) is 5.21. The number of carbonyl (C=O) groups excluding carboxylic acids is 1. The molecule has 0 N–H and O–H groups in total. The Bertz CT molecular complexity index is 1640. The highest BCUT2D eigenvalue weighted by Crippen LogP contribution is 2.36. The van der Waals surface area contributed by atoms with E-state index in [9.17, 15) is 9.59 Å². The van der Waals surface area contributed by atoms with Crippen molar-refractivity contribution in [3.8, 4) is 5.75 Å². The van der Waals surface area contributed by atoms with Crippen molar-refractivity contribution in [1.29, 1.82) is 0 Å². The first kappa shape index (κ1) is 23.6. The summed E-state index contributed by atoms with van der Waals surface area (Å²) in [4.78, 5) is 32.5. The molecule has 7 nitrogen and oxygen atoms in total. The zero-order chi connectivity index (χ0) is 25.2. The molecular formula is C28H24N2O5S. The number of benzene rings is 2. The van der Waals surface area contributed by atoms with E-state index in [-0.39, 0.29) is 12.2 Å². The largest absolute Gasteiger partial charge is 0.497 e. The summed E-state index contributed by atoms with van der Waals surface area (Å²) < 4.78 is 18.6. The van der Waals surface area contributed by atoms with Gasteiger partial charge < -0.3 is 13.9 Å². The van der Waals surface area contributed by atoms with Gasteiger partial charge in [0.15, 0.2) is 4.80 Å². The fraction of sp³-hybridized carbons (Fsp3) is 0.179. The average Bonchev–Trinajstić information content (AvgIpc) is 3.45. The van der Waals surface area contributed by atoms with Crippen LogP contribution in [0.1, 0.15) is 35.6 Å². The molecule has 0 saturated carbocycles. The van der Waals surface area contributed by atoms with Crippen LogP contribution in [0.2, 0.25) is 0 Å². The Morgan fingerprint density at radius 1 is 1.14 bits per heavy atom. The molecule has 36 heavy (non-hydrogen) atoms. The van der Waals surface area contributed by atoms with E-state index < -0.39 is 12.0 Å². The SMILES string of the molecule is CCOC(=O)C1=C(c2ccccc2)N=c2s/c(=C\c3ccc(C)o3)c(=O)n2[C@@H]1c1cccc(OC)c1. The summed E-state index contributed by atoms with van der Waals surface area (Å²) in [7, 11) is 1.58. The number of fused-ring (bicyclic) bond motifs is 1.